The number of amides is 1. The summed E-state index contributed by atoms with van der Waals surface area (Å²) in [5.41, 5.74) is 0.897. The molecular formula is C11H9ClN2O. The quantitative estimate of drug-likeness (QED) is 0.780. The van der Waals surface area contributed by atoms with Crippen molar-refractivity contribution in [3.05, 3.63) is 40.9 Å². The Labute approximate surface area is 93.0 Å². The zero-order valence-corrected chi connectivity index (χ0v) is 8.88. The van der Waals surface area contributed by atoms with Crippen molar-refractivity contribution >= 4 is 23.2 Å². The molecule has 0 spiro atoms. The zero-order valence-electron chi connectivity index (χ0n) is 8.12. The lowest BCUT2D eigenvalue weighted by Crippen LogP contribution is -2.08. The highest BCUT2D eigenvalue weighted by molar-refractivity contribution is 6.33. The first-order chi connectivity index (χ1) is 7.17. The summed E-state index contributed by atoms with van der Waals surface area (Å²) in [4.78, 5) is 11.2. The Morgan fingerprint density at radius 2 is 2.33 bits per heavy atom. The van der Waals surface area contributed by atoms with Crippen LogP contribution in [0.25, 0.3) is 0 Å². The molecule has 0 radical (unpaired) electrons. The van der Waals surface area contributed by atoms with Crippen LogP contribution in [-0.2, 0) is 4.79 Å². The van der Waals surface area contributed by atoms with E-state index in [1.165, 1.54) is 12.1 Å². The van der Waals surface area contributed by atoms with Crippen molar-refractivity contribution in [1.29, 1.82) is 5.26 Å². The number of nitrogens with one attached hydrogen (secondary N) is 1. The van der Waals surface area contributed by atoms with Crippen LogP contribution >= 0.6 is 11.6 Å². The normalized spacial score (nSPS) is 9.93. The average molecular weight is 221 g/mol. The van der Waals surface area contributed by atoms with Crippen molar-refractivity contribution in [2.45, 2.75) is 6.92 Å². The van der Waals surface area contributed by atoms with Crippen LogP contribution in [0.5, 0.6) is 0 Å². The van der Waals surface area contributed by atoms with E-state index >= 15 is 0 Å². The molecule has 76 valence electrons. The summed E-state index contributed by atoms with van der Waals surface area (Å²) in [6.07, 6.45) is 3.01. The maximum Gasteiger partial charge on any atom is 0.248 e. The Kier molecular flexibility index (Phi) is 3.90. The fourth-order valence-electron chi connectivity index (χ4n) is 1.02. The SMILES string of the molecule is CC=CC(=O)Nc1cc(C#N)ccc1Cl. The molecule has 0 atom stereocenters. The lowest BCUT2D eigenvalue weighted by atomic mass is 10.2. The number of allylic oxidation sites excluding steroid dienone is 1. The van der Waals surface area contributed by atoms with Crippen LogP contribution in [0.3, 0.4) is 0 Å². The number of rotatable bonds is 2. The third-order valence-electron chi connectivity index (χ3n) is 1.67. The van der Waals surface area contributed by atoms with Gasteiger partial charge in [-0.25, -0.2) is 0 Å². The zero-order chi connectivity index (χ0) is 11.3. The fourth-order valence-corrected chi connectivity index (χ4v) is 1.18. The number of carbonyl (C=O) groups excluding carboxylic acids is 1. The van der Waals surface area contributed by atoms with Crippen LogP contribution in [0.4, 0.5) is 5.69 Å². The number of nitriles is 1. The van der Waals surface area contributed by atoms with E-state index in [0.717, 1.165) is 0 Å². The highest BCUT2D eigenvalue weighted by Crippen LogP contribution is 2.22. The number of hydrogen-bond acceptors (Lipinski definition) is 2. The van der Waals surface area contributed by atoms with E-state index in [-0.39, 0.29) is 5.91 Å². The van der Waals surface area contributed by atoms with Gasteiger partial charge in [0.15, 0.2) is 0 Å². The number of hydrogen-bond donors (Lipinski definition) is 1. The minimum atomic E-state index is -0.269. The molecule has 15 heavy (non-hydrogen) atoms. The van der Waals surface area contributed by atoms with Gasteiger partial charge >= 0.3 is 0 Å². The number of carbonyl (C=O) groups is 1. The molecule has 0 aliphatic heterocycles. The summed E-state index contributed by atoms with van der Waals surface area (Å²) in [7, 11) is 0. The Bertz CT molecular complexity index is 446. The Balaban J connectivity index is 2.94. The third-order valence-corrected chi connectivity index (χ3v) is 2.00. The highest BCUT2D eigenvalue weighted by atomic mass is 35.5. The van der Waals surface area contributed by atoms with Crippen LogP contribution in [0.2, 0.25) is 5.02 Å². The maximum absolute atomic E-state index is 11.2. The summed E-state index contributed by atoms with van der Waals surface area (Å²) in [5.74, 6) is -0.269. The molecule has 0 fully saturated rings. The van der Waals surface area contributed by atoms with Crippen molar-refractivity contribution < 1.29 is 4.79 Å². The Hall–Kier alpha value is -1.79. The molecule has 0 aromatic heterocycles. The number of benzene rings is 1. The van der Waals surface area contributed by atoms with Crippen LogP contribution in [0.15, 0.2) is 30.4 Å². The van der Waals surface area contributed by atoms with Gasteiger partial charge < -0.3 is 5.32 Å². The van der Waals surface area contributed by atoms with Crippen LogP contribution in [0.1, 0.15) is 12.5 Å². The molecule has 1 N–H and O–H groups in total. The predicted molar refractivity (Wildman–Crippen MR) is 59.6 cm³/mol. The van der Waals surface area contributed by atoms with Gasteiger partial charge in [-0.05, 0) is 31.2 Å². The Morgan fingerprint density at radius 1 is 1.60 bits per heavy atom. The monoisotopic (exact) mass is 220 g/mol. The van der Waals surface area contributed by atoms with E-state index in [0.29, 0.717) is 16.3 Å². The van der Waals surface area contributed by atoms with Crippen LogP contribution < -0.4 is 5.32 Å². The van der Waals surface area contributed by atoms with Crippen LogP contribution in [0, 0.1) is 11.3 Å². The lowest BCUT2D eigenvalue weighted by molar-refractivity contribution is -0.111. The second kappa shape index (κ2) is 5.18. The summed E-state index contributed by atoms with van der Waals surface area (Å²) in [6.45, 7) is 1.74. The molecule has 1 rings (SSSR count). The van der Waals surface area contributed by atoms with Crippen molar-refractivity contribution in [1.82, 2.24) is 0 Å². The second-order valence-corrected chi connectivity index (χ2v) is 3.20. The number of halogens is 1. The highest BCUT2D eigenvalue weighted by Gasteiger charge is 2.03. The standard InChI is InChI=1S/C11H9ClN2O/c1-2-3-11(15)14-10-6-8(7-13)4-5-9(10)12/h2-6H,1H3,(H,14,15). The van der Waals surface area contributed by atoms with Gasteiger partial charge in [0.2, 0.25) is 5.91 Å². The number of nitrogens with zero attached hydrogens (tertiary/aromatic N) is 1. The molecule has 0 unspecified atom stereocenters. The summed E-state index contributed by atoms with van der Waals surface area (Å²) >= 11 is 5.85. The topological polar surface area (TPSA) is 52.9 Å². The van der Waals surface area contributed by atoms with Gasteiger partial charge in [-0.1, -0.05) is 17.7 Å². The molecule has 1 amide bonds. The molecule has 1 aromatic carbocycles. The molecular weight excluding hydrogens is 212 g/mol. The summed E-state index contributed by atoms with van der Waals surface area (Å²) in [6, 6.07) is 6.67. The summed E-state index contributed by atoms with van der Waals surface area (Å²) < 4.78 is 0. The van der Waals surface area contributed by atoms with E-state index in [2.05, 4.69) is 5.32 Å². The molecule has 4 heteroatoms. The van der Waals surface area contributed by atoms with Gasteiger partial charge in [0.1, 0.15) is 0 Å². The van der Waals surface area contributed by atoms with E-state index in [1.54, 1.807) is 25.1 Å². The lowest BCUT2D eigenvalue weighted by Gasteiger charge is -2.04. The smallest absolute Gasteiger partial charge is 0.248 e. The largest absolute Gasteiger partial charge is 0.321 e. The van der Waals surface area contributed by atoms with Gasteiger partial charge in [-0.2, -0.15) is 5.26 Å². The molecule has 0 bridgehead atoms. The van der Waals surface area contributed by atoms with Gasteiger partial charge in [0.05, 0.1) is 22.3 Å². The summed E-state index contributed by atoms with van der Waals surface area (Å²) in [5, 5.41) is 11.7. The third kappa shape index (κ3) is 3.12. The molecule has 0 aliphatic carbocycles. The second-order valence-electron chi connectivity index (χ2n) is 2.80. The van der Waals surface area contributed by atoms with Crippen molar-refractivity contribution in [2.75, 3.05) is 5.32 Å². The molecule has 0 heterocycles. The van der Waals surface area contributed by atoms with Crippen molar-refractivity contribution in [3.63, 3.8) is 0 Å². The van der Waals surface area contributed by atoms with Crippen LogP contribution in [-0.4, -0.2) is 5.91 Å². The van der Waals surface area contributed by atoms with Gasteiger partial charge in [0.25, 0.3) is 0 Å². The Morgan fingerprint density at radius 3 is 2.93 bits per heavy atom. The molecule has 0 aliphatic rings. The van der Waals surface area contributed by atoms with Crippen molar-refractivity contribution in [3.8, 4) is 6.07 Å². The molecule has 1 aromatic rings. The van der Waals surface area contributed by atoms with E-state index in [9.17, 15) is 4.79 Å². The first-order valence-corrected chi connectivity index (χ1v) is 4.68. The predicted octanol–water partition coefficient (Wildman–Crippen LogP) is 2.73. The van der Waals surface area contributed by atoms with E-state index in [1.807, 2.05) is 6.07 Å². The minimum Gasteiger partial charge on any atom is -0.321 e. The molecule has 3 nitrogen and oxygen atoms in total. The average Bonchev–Trinajstić information content (AvgIpc) is 2.21. The first kappa shape index (κ1) is 11.3. The molecule has 0 saturated heterocycles. The van der Waals surface area contributed by atoms with Gasteiger partial charge in [0, 0.05) is 0 Å². The van der Waals surface area contributed by atoms with E-state index in [4.69, 9.17) is 16.9 Å². The fraction of sp³-hybridized carbons (Fsp3) is 0.0909. The number of anilines is 1. The minimum absolute atomic E-state index is 0.269. The molecule has 0 saturated carbocycles. The maximum atomic E-state index is 11.2. The van der Waals surface area contributed by atoms with E-state index < -0.39 is 0 Å². The first-order valence-electron chi connectivity index (χ1n) is 4.30. The van der Waals surface area contributed by atoms with Crippen molar-refractivity contribution in [2.24, 2.45) is 0 Å². The van der Waals surface area contributed by atoms with Gasteiger partial charge in [-0.15, -0.1) is 0 Å². The van der Waals surface area contributed by atoms with Gasteiger partial charge in [-0.3, -0.25) is 4.79 Å².